The SMILES string of the molecule is Cc1ccc(-c2ccc(-c3[nH]c(=S)[nH]c(=O)c3C#N)cc2)cc1. The first kappa shape index (κ1) is 14.9. The van der Waals surface area contributed by atoms with Crippen LogP contribution in [-0.4, -0.2) is 9.97 Å². The molecule has 23 heavy (non-hydrogen) atoms. The summed E-state index contributed by atoms with van der Waals surface area (Å²) in [6, 6.07) is 17.8. The molecule has 4 nitrogen and oxygen atoms in total. The van der Waals surface area contributed by atoms with E-state index in [2.05, 4.69) is 34.2 Å². The third-order valence-corrected chi connectivity index (χ3v) is 3.82. The quantitative estimate of drug-likeness (QED) is 0.703. The van der Waals surface area contributed by atoms with E-state index < -0.39 is 5.56 Å². The first-order valence-electron chi connectivity index (χ1n) is 7.02. The van der Waals surface area contributed by atoms with Gasteiger partial charge in [0, 0.05) is 0 Å². The van der Waals surface area contributed by atoms with Crippen LogP contribution in [0, 0.1) is 23.0 Å². The Morgan fingerprint density at radius 3 is 2.00 bits per heavy atom. The van der Waals surface area contributed by atoms with Crippen LogP contribution < -0.4 is 5.56 Å². The van der Waals surface area contributed by atoms with Crippen molar-refractivity contribution in [3.05, 3.63) is 74.8 Å². The van der Waals surface area contributed by atoms with Crippen molar-refractivity contribution in [3.8, 4) is 28.5 Å². The number of hydrogen-bond donors (Lipinski definition) is 2. The summed E-state index contributed by atoms with van der Waals surface area (Å²) < 4.78 is 0.201. The van der Waals surface area contributed by atoms with Crippen molar-refractivity contribution in [1.82, 2.24) is 9.97 Å². The summed E-state index contributed by atoms with van der Waals surface area (Å²) in [5.41, 5.74) is 4.12. The summed E-state index contributed by atoms with van der Waals surface area (Å²) in [5.74, 6) is 0. The fourth-order valence-corrected chi connectivity index (χ4v) is 2.58. The number of aromatic nitrogens is 2. The smallest absolute Gasteiger partial charge is 0.270 e. The molecule has 0 aliphatic heterocycles. The van der Waals surface area contributed by atoms with E-state index in [4.69, 9.17) is 12.2 Å². The van der Waals surface area contributed by atoms with Gasteiger partial charge >= 0.3 is 0 Å². The van der Waals surface area contributed by atoms with Crippen LogP contribution in [0.2, 0.25) is 0 Å². The number of nitrogens with one attached hydrogen (secondary N) is 2. The van der Waals surface area contributed by atoms with Crippen molar-refractivity contribution < 1.29 is 0 Å². The monoisotopic (exact) mass is 319 g/mol. The van der Waals surface area contributed by atoms with Crippen molar-refractivity contribution in [2.75, 3.05) is 0 Å². The second kappa shape index (κ2) is 6.03. The Balaban J connectivity index is 2.07. The number of H-pyrrole nitrogens is 2. The van der Waals surface area contributed by atoms with Crippen molar-refractivity contribution in [1.29, 1.82) is 5.26 Å². The van der Waals surface area contributed by atoms with E-state index in [1.54, 1.807) is 0 Å². The van der Waals surface area contributed by atoms with Crippen LogP contribution >= 0.6 is 12.2 Å². The maximum Gasteiger partial charge on any atom is 0.270 e. The molecule has 1 aromatic heterocycles. The fourth-order valence-electron chi connectivity index (χ4n) is 2.38. The minimum Gasteiger partial charge on any atom is -0.331 e. The van der Waals surface area contributed by atoms with Gasteiger partial charge < -0.3 is 4.98 Å². The third-order valence-electron chi connectivity index (χ3n) is 3.61. The molecule has 0 atom stereocenters. The largest absolute Gasteiger partial charge is 0.331 e. The van der Waals surface area contributed by atoms with Gasteiger partial charge in [-0.05, 0) is 35.8 Å². The molecule has 0 saturated heterocycles. The standard InChI is InChI=1S/C18H13N3OS/c1-11-2-4-12(5-3-11)13-6-8-14(9-7-13)16-15(10-19)17(22)21-18(23)20-16/h2-9H,1H3,(H2,20,21,22,23). The Morgan fingerprint density at radius 1 is 0.913 bits per heavy atom. The Kier molecular flexibility index (Phi) is 3.92. The van der Waals surface area contributed by atoms with Crippen LogP contribution in [-0.2, 0) is 0 Å². The highest BCUT2D eigenvalue weighted by atomic mass is 32.1. The lowest BCUT2D eigenvalue weighted by Gasteiger charge is -2.06. The predicted molar refractivity (Wildman–Crippen MR) is 92.6 cm³/mol. The van der Waals surface area contributed by atoms with E-state index in [0.29, 0.717) is 5.69 Å². The van der Waals surface area contributed by atoms with E-state index >= 15 is 0 Å². The molecule has 2 N–H and O–H groups in total. The van der Waals surface area contributed by atoms with Crippen LogP contribution in [0.15, 0.2) is 53.3 Å². The van der Waals surface area contributed by atoms with E-state index in [1.165, 1.54) is 5.56 Å². The van der Waals surface area contributed by atoms with Crippen LogP contribution in [0.4, 0.5) is 0 Å². The molecule has 0 aliphatic rings. The number of aryl methyl sites for hydroxylation is 1. The number of nitrogens with zero attached hydrogens (tertiary/aromatic N) is 1. The molecule has 5 heteroatoms. The van der Waals surface area contributed by atoms with Gasteiger partial charge in [-0.1, -0.05) is 54.1 Å². The number of benzene rings is 2. The highest BCUT2D eigenvalue weighted by Crippen LogP contribution is 2.24. The molecule has 0 saturated carbocycles. The van der Waals surface area contributed by atoms with Gasteiger partial charge in [0.25, 0.3) is 5.56 Å². The van der Waals surface area contributed by atoms with E-state index in [1.807, 2.05) is 37.3 Å². The lowest BCUT2D eigenvalue weighted by atomic mass is 10.0. The summed E-state index contributed by atoms with van der Waals surface area (Å²) in [6.45, 7) is 2.05. The van der Waals surface area contributed by atoms with Crippen LogP contribution in [0.25, 0.3) is 22.4 Å². The van der Waals surface area contributed by atoms with Gasteiger partial charge in [-0.2, -0.15) is 5.26 Å². The molecule has 0 aliphatic carbocycles. The van der Waals surface area contributed by atoms with Gasteiger partial charge in [0.05, 0.1) is 5.69 Å². The Bertz CT molecular complexity index is 1010. The van der Waals surface area contributed by atoms with Gasteiger partial charge in [0.15, 0.2) is 4.77 Å². The molecule has 0 bridgehead atoms. The molecule has 112 valence electrons. The normalized spacial score (nSPS) is 10.3. The minimum atomic E-state index is -0.478. The number of hydrogen-bond acceptors (Lipinski definition) is 3. The van der Waals surface area contributed by atoms with Crippen molar-refractivity contribution >= 4 is 12.2 Å². The molecule has 0 radical (unpaired) electrons. The highest BCUT2D eigenvalue weighted by Gasteiger charge is 2.10. The van der Waals surface area contributed by atoms with Gasteiger partial charge in [-0.3, -0.25) is 9.78 Å². The van der Waals surface area contributed by atoms with Gasteiger partial charge in [-0.25, -0.2) is 0 Å². The Labute approximate surface area is 138 Å². The van der Waals surface area contributed by atoms with Gasteiger partial charge in [0.1, 0.15) is 11.6 Å². The van der Waals surface area contributed by atoms with Crippen LogP contribution in [0.1, 0.15) is 11.1 Å². The van der Waals surface area contributed by atoms with Crippen LogP contribution in [0.3, 0.4) is 0 Å². The second-order valence-electron chi connectivity index (χ2n) is 5.21. The van der Waals surface area contributed by atoms with Crippen molar-refractivity contribution in [2.24, 2.45) is 0 Å². The molecule has 2 aromatic carbocycles. The average Bonchev–Trinajstić information content (AvgIpc) is 2.55. The topological polar surface area (TPSA) is 72.4 Å². The zero-order chi connectivity index (χ0) is 16.4. The third kappa shape index (κ3) is 2.98. The molecule has 0 spiro atoms. The van der Waals surface area contributed by atoms with Gasteiger partial charge in [-0.15, -0.1) is 0 Å². The van der Waals surface area contributed by atoms with Gasteiger partial charge in [0.2, 0.25) is 0 Å². The summed E-state index contributed by atoms with van der Waals surface area (Å²) in [4.78, 5) is 17.1. The molecule has 0 fully saturated rings. The molecule has 1 heterocycles. The zero-order valence-electron chi connectivity index (χ0n) is 12.4. The summed E-state index contributed by atoms with van der Waals surface area (Å²) in [7, 11) is 0. The molecule has 0 unspecified atom stereocenters. The van der Waals surface area contributed by atoms with E-state index in [0.717, 1.165) is 16.7 Å². The van der Waals surface area contributed by atoms with E-state index in [9.17, 15) is 10.1 Å². The fraction of sp³-hybridized carbons (Fsp3) is 0.0556. The van der Waals surface area contributed by atoms with Crippen molar-refractivity contribution in [2.45, 2.75) is 6.92 Å². The van der Waals surface area contributed by atoms with Crippen molar-refractivity contribution in [3.63, 3.8) is 0 Å². The molecule has 3 rings (SSSR count). The maximum absolute atomic E-state index is 11.8. The molecule has 3 aromatic rings. The summed E-state index contributed by atoms with van der Waals surface area (Å²) in [5, 5.41) is 9.19. The van der Waals surface area contributed by atoms with E-state index in [-0.39, 0.29) is 10.3 Å². The lowest BCUT2D eigenvalue weighted by molar-refractivity contribution is 1.08. The number of nitriles is 1. The number of aromatic amines is 2. The zero-order valence-corrected chi connectivity index (χ0v) is 13.2. The second-order valence-corrected chi connectivity index (χ2v) is 5.62. The lowest BCUT2D eigenvalue weighted by Crippen LogP contribution is -2.13. The molecule has 0 amide bonds. The predicted octanol–water partition coefficient (Wildman–Crippen LogP) is 3.95. The average molecular weight is 319 g/mol. The molecular weight excluding hydrogens is 306 g/mol. The summed E-state index contributed by atoms with van der Waals surface area (Å²) in [6.07, 6.45) is 0. The molecular formula is C18H13N3OS. The Morgan fingerprint density at radius 2 is 1.43 bits per heavy atom. The van der Waals surface area contributed by atoms with Crippen LogP contribution in [0.5, 0.6) is 0 Å². The maximum atomic E-state index is 11.8. The minimum absolute atomic E-state index is 0.0293. The highest BCUT2D eigenvalue weighted by molar-refractivity contribution is 7.71. The first-order chi connectivity index (χ1) is 11.1. The first-order valence-corrected chi connectivity index (χ1v) is 7.43. The Hall–Kier alpha value is -2.97. The number of rotatable bonds is 2. The summed E-state index contributed by atoms with van der Waals surface area (Å²) >= 11 is 4.99.